The number of benzene rings is 1. The SMILES string of the molecule is COC(=O)/C(=C/OC1C=C(C)C(=O)O1)c1ccc(C)cc1. The van der Waals surface area contributed by atoms with Crippen molar-refractivity contribution in [2.24, 2.45) is 0 Å². The molecule has 1 heterocycles. The highest BCUT2D eigenvalue weighted by Crippen LogP contribution is 2.20. The number of hydrogen-bond donors (Lipinski definition) is 0. The fourth-order valence-electron chi connectivity index (χ4n) is 1.78. The Hall–Kier alpha value is -2.56. The third-order valence-corrected chi connectivity index (χ3v) is 3.02. The lowest BCUT2D eigenvalue weighted by Gasteiger charge is -2.10. The summed E-state index contributed by atoms with van der Waals surface area (Å²) in [6, 6.07) is 7.35. The van der Waals surface area contributed by atoms with Gasteiger partial charge in [-0.25, -0.2) is 9.59 Å². The van der Waals surface area contributed by atoms with Gasteiger partial charge in [0.25, 0.3) is 6.29 Å². The maximum absolute atomic E-state index is 11.8. The zero-order valence-electron chi connectivity index (χ0n) is 12.1. The Morgan fingerprint density at radius 3 is 2.43 bits per heavy atom. The number of ether oxygens (including phenoxy) is 3. The molecule has 0 saturated heterocycles. The van der Waals surface area contributed by atoms with Gasteiger partial charge in [-0.3, -0.25) is 0 Å². The van der Waals surface area contributed by atoms with E-state index in [9.17, 15) is 9.59 Å². The van der Waals surface area contributed by atoms with E-state index in [2.05, 4.69) is 0 Å². The molecule has 0 amide bonds. The van der Waals surface area contributed by atoms with Gasteiger partial charge in [0.05, 0.1) is 7.11 Å². The Morgan fingerprint density at radius 2 is 1.90 bits per heavy atom. The Balaban J connectivity index is 2.20. The minimum Gasteiger partial charge on any atom is -0.465 e. The first-order valence-electron chi connectivity index (χ1n) is 6.41. The molecule has 5 heteroatoms. The van der Waals surface area contributed by atoms with E-state index in [0.29, 0.717) is 11.1 Å². The quantitative estimate of drug-likeness (QED) is 0.483. The van der Waals surface area contributed by atoms with Crippen molar-refractivity contribution < 1.29 is 23.8 Å². The summed E-state index contributed by atoms with van der Waals surface area (Å²) < 4.78 is 15.0. The minimum atomic E-state index is -0.817. The van der Waals surface area contributed by atoms with E-state index in [1.807, 2.05) is 19.1 Å². The molecule has 1 aliphatic heterocycles. The third-order valence-electron chi connectivity index (χ3n) is 3.02. The zero-order chi connectivity index (χ0) is 15.4. The van der Waals surface area contributed by atoms with Gasteiger partial charge >= 0.3 is 11.9 Å². The van der Waals surface area contributed by atoms with Crippen molar-refractivity contribution in [3.63, 3.8) is 0 Å². The summed E-state index contributed by atoms with van der Waals surface area (Å²) in [6.07, 6.45) is 1.98. The van der Waals surface area contributed by atoms with Crippen LogP contribution < -0.4 is 0 Å². The highest BCUT2D eigenvalue weighted by Gasteiger charge is 2.23. The molecule has 1 atom stereocenters. The van der Waals surface area contributed by atoms with Crippen LogP contribution in [0.15, 0.2) is 42.2 Å². The average molecular weight is 288 g/mol. The molecule has 0 saturated carbocycles. The Morgan fingerprint density at radius 1 is 1.24 bits per heavy atom. The second kappa shape index (κ2) is 6.26. The van der Waals surface area contributed by atoms with Crippen LogP contribution in [0.3, 0.4) is 0 Å². The van der Waals surface area contributed by atoms with Crippen LogP contribution in [0.1, 0.15) is 18.1 Å². The predicted octanol–water partition coefficient (Wildman–Crippen LogP) is 2.35. The van der Waals surface area contributed by atoms with Gasteiger partial charge < -0.3 is 14.2 Å². The number of esters is 2. The number of carbonyl (C=O) groups is 2. The predicted molar refractivity (Wildman–Crippen MR) is 75.9 cm³/mol. The van der Waals surface area contributed by atoms with Gasteiger partial charge in [0.1, 0.15) is 11.8 Å². The second-order valence-corrected chi connectivity index (χ2v) is 4.65. The van der Waals surface area contributed by atoms with Crippen LogP contribution >= 0.6 is 0 Å². The molecule has 1 unspecified atom stereocenters. The van der Waals surface area contributed by atoms with E-state index in [1.54, 1.807) is 25.1 Å². The lowest BCUT2D eigenvalue weighted by atomic mass is 10.1. The van der Waals surface area contributed by atoms with E-state index in [0.717, 1.165) is 5.56 Å². The topological polar surface area (TPSA) is 61.8 Å². The van der Waals surface area contributed by atoms with Crippen molar-refractivity contribution in [1.82, 2.24) is 0 Å². The summed E-state index contributed by atoms with van der Waals surface area (Å²) in [5, 5.41) is 0. The van der Waals surface area contributed by atoms with Gasteiger partial charge in [0.2, 0.25) is 0 Å². The Bertz CT molecular complexity index is 610. The van der Waals surface area contributed by atoms with Crippen molar-refractivity contribution in [1.29, 1.82) is 0 Å². The lowest BCUT2D eigenvalue weighted by molar-refractivity contribution is -0.152. The van der Waals surface area contributed by atoms with Crippen LogP contribution in [0.25, 0.3) is 5.57 Å². The van der Waals surface area contributed by atoms with E-state index in [4.69, 9.17) is 14.2 Å². The van der Waals surface area contributed by atoms with E-state index in [-0.39, 0.29) is 5.57 Å². The molecule has 0 fully saturated rings. The molecule has 110 valence electrons. The Labute approximate surface area is 122 Å². The molecular formula is C16H16O5. The molecule has 0 radical (unpaired) electrons. The van der Waals surface area contributed by atoms with Crippen LogP contribution in [0.4, 0.5) is 0 Å². The van der Waals surface area contributed by atoms with Crippen LogP contribution in [0.2, 0.25) is 0 Å². The van der Waals surface area contributed by atoms with Crippen molar-refractivity contribution in [2.75, 3.05) is 7.11 Å². The largest absolute Gasteiger partial charge is 0.465 e. The molecule has 0 bridgehead atoms. The molecule has 0 N–H and O–H groups in total. The maximum Gasteiger partial charge on any atom is 0.341 e. The van der Waals surface area contributed by atoms with Gasteiger partial charge in [0.15, 0.2) is 0 Å². The van der Waals surface area contributed by atoms with Crippen LogP contribution in [0.5, 0.6) is 0 Å². The van der Waals surface area contributed by atoms with Gasteiger partial charge in [0, 0.05) is 11.6 Å². The fourth-order valence-corrected chi connectivity index (χ4v) is 1.78. The molecule has 1 aromatic carbocycles. The smallest absolute Gasteiger partial charge is 0.341 e. The standard InChI is InChI=1S/C16H16O5/c1-10-4-6-12(7-5-10)13(16(18)19-3)9-20-14-8-11(2)15(17)21-14/h4-9,14H,1-3H3/b13-9+. The number of hydrogen-bond acceptors (Lipinski definition) is 5. The highest BCUT2D eigenvalue weighted by atomic mass is 16.7. The highest BCUT2D eigenvalue weighted by molar-refractivity contribution is 6.16. The molecule has 21 heavy (non-hydrogen) atoms. The number of cyclic esters (lactones) is 1. The molecule has 0 aliphatic carbocycles. The molecular weight excluding hydrogens is 272 g/mol. The Kier molecular flexibility index (Phi) is 4.42. The van der Waals surface area contributed by atoms with Crippen molar-refractivity contribution >= 4 is 17.5 Å². The van der Waals surface area contributed by atoms with E-state index < -0.39 is 18.2 Å². The summed E-state index contributed by atoms with van der Waals surface area (Å²) in [4.78, 5) is 23.1. The molecule has 1 aromatic rings. The third kappa shape index (κ3) is 3.51. The van der Waals surface area contributed by atoms with Crippen LogP contribution in [-0.4, -0.2) is 25.3 Å². The van der Waals surface area contributed by atoms with Crippen LogP contribution in [0, 0.1) is 6.92 Å². The van der Waals surface area contributed by atoms with Gasteiger partial charge in [-0.1, -0.05) is 29.8 Å². The zero-order valence-corrected chi connectivity index (χ0v) is 12.1. The van der Waals surface area contributed by atoms with E-state index in [1.165, 1.54) is 13.4 Å². The first kappa shape index (κ1) is 14.8. The monoisotopic (exact) mass is 288 g/mol. The molecule has 0 spiro atoms. The second-order valence-electron chi connectivity index (χ2n) is 4.65. The van der Waals surface area contributed by atoms with Crippen molar-refractivity contribution in [3.05, 3.63) is 53.3 Å². The molecule has 0 aromatic heterocycles. The van der Waals surface area contributed by atoms with Crippen molar-refractivity contribution in [3.8, 4) is 0 Å². The maximum atomic E-state index is 11.8. The number of rotatable bonds is 4. The summed E-state index contributed by atoms with van der Waals surface area (Å²) in [5.74, 6) is -0.952. The summed E-state index contributed by atoms with van der Waals surface area (Å²) >= 11 is 0. The van der Waals surface area contributed by atoms with Gasteiger partial charge in [-0.05, 0) is 19.4 Å². The van der Waals surface area contributed by atoms with Gasteiger partial charge in [-0.15, -0.1) is 0 Å². The average Bonchev–Trinajstić information content (AvgIpc) is 2.79. The van der Waals surface area contributed by atoms with Gasteiger partial charge in [-0.2, -0.15) is 0 Å². The minimum absolute atomic E-state index is 0.256. The molecule has 1 aliphatic rings. The van der Waals surface area contributed by atoms with Crippen molar-refractivity contribution in [2.45, 2.75) is 20.1 Å². The summed E-state index contributed by atoms with van der Waals surface area (Å²) in [5.41, 5.74) is 2.47. The number of aryl methyl sites for hydroxylation is 1. The molecule has 5 nitrogen and oxygen atoms in total. The first-order chi connectivity index (χ1) is 10.0. The lowest BCUT2D eigenvalue weighted by Crippen LogP contribution is -2.11. The first-order valence-corrected chi connectivity index (χ1v) is 6.41. The normalized spacial score (nSPS) is 18.0. The van der Waals surface area contributed by atoms with E-state index >= 15 is 0 Å². The van der Waals surface area contributed by atoms with Crippen LogP contribution in [-0.2, 0) is 23.8 Å². The molecule has 2 rings (SSSR count). The number of carbonyl (C=O) groups excluding carboxylic acids is 2. The summed E-state index contributed by atoms with van der Waals surface area (Å²) in [6.45, 7) is 3.59. The number of methoxy groups -OCH3 is 1. The fraction of sp³-hybridized carbons (Fsp3) is 0.250. The summed E-state index contributed by atoms with van der Waals surface area (Å²) in [7, 11) is 1.30.